The van der Waals surface area contributed by atoms with Crippen LogP contribution < -0.4 is 5.32 Å². The third kappa shape index (κ3) is 4.30. The number of nitriles is 1. The number of aliphatic hydroxyl groups excluding tert-OH is 2. The first-order valence-electron chi connectivity index (χ1n) is 11.8. The van der Waals surface area contributed by atoms with Crippen molar-refractivity contribution in [3.8, 4) is 6.07 Å². The summed E-state index contributed by atoms with van der Waals surface area (Å²) in [7, 11) is -3.88. The van der Waals surface area contributed by atoms with Gasteiger partial charge in [0.2, 0.25) is 0 Å². The molecule has 192 valence electrons. The number of rotatable bonds is 9. The van der Waals surface area contributed by atoms with Crippen molar-refractivity contribution in [3.63, 3.8) is 0 Å². The molecule has 36 heavy (non-hydrogen) atoms. The van der Waals surface area contributed by atoms with Gasteiger partial charge in [-0.1, -0.05) is 12.1 Å². The molecule has 1 fully saturated rings. The number of aromatic nitrogens is 1. The van der Waals surface area contributed by atoms with Crippen molar-refractivity contribution in [1.29, 1.82) is 5.26 Å². The Morgan fingerprint density at radius 3 is 2.44 bits per heavy atom. The van der Waals surface area contributed by atoms with E-state index in [1.54, 1.807) is 41.0 Å². The largest absolute Gasteiger partial charge is 0.394 e. The highest BCUT2D eigenvalue weighted by Crippen LogP contribution is 2.49. The SMILES string of the molecule is CC(C)([C@@H](O)CO)S(=O)(=O)C1(CN2CCn3c(C(=O)NCc4ccc(C#N)cc4)ccc3C2=O)CC1. The molecule has 1 aromatic carbocycles. The van der Waals surface area contributed by atoms with E-state index < -0.39 is 32.0 Å². The highest BCUT2D eigenvalue weighted by molar-refractivity contribution is 7.94. The molecular weight excluding hydrogens is 484 g/mol. The number of sulfone groups is 1. The molecule has 1 aliphatic carbocycles. The Bertz CT molecular complexity index is 1320. The summed E-state index contributed by atoms with van der Waals surface area (Å²) in [5, 5.41) is 31.2. The highest BCUT2D eigenvalue weighted by Gasteiger charge is 2.62. The van der Waals surface area contributed by atoms with Crippen LogP contribution in [0.4, 0.5) is 0 Å². The maximum Gasteiger partial charge on any atom is 0.270 e. The highest BCUT2D eigenvalue weighted by atomic mass is 32.2. The predicted octanol–water partition coefficient (Wildman–Crippen LogP) is 0.825. The molecule has 1 atom stereocenters. The molecule has 0 unspecified atom stereocenters. The molecule has 2 aliphatic rings. The van der Waals surface area contributed by atoms with Gasteiger partial charge in [-0.25, -0.2) is 8.42 Å². The number of hydrogen-bond acceptors (Lipinski definition) is 7. The van der Waals surface area contributed by atoms with Gasteiger partial charge in [0.25, 0.3) is 11.8 Å². The second kappa shape index (κ2) is 9.35. The first-order chi connectivity index (χ1) is 17.0. The average molecular weight is 515 g/mol. The van der Waals surface area contributed by atoms with Crippen LogP contribution in [0.25, 0.3) is 0 Å². The first-order valence-corrected chi connectivity index (χ1v) is 13.2. The van der Waals surface area contributed by atoms with E-state index in [9.17, 15) is 28.2 Å². The molecule has 2 heterocycles. The van der Waals surface area contributed by atoms with Crippen molar-refractivity contribution in [2.45, 2.75) is 55.4 Å². The van der Waals surface area contributed by atoms with Gasteiger partial charge in [-0.2, -0.15) is 5.26 Å². The zero-order valence-corrected chi connectivity index (χ0v) is 21.1. The molecule has 4 rings (SSSR count). The van der Waals surface area contributed by atoms with E-state index in [0.717, 1.165) is 5.56 Å². The second-order valence-electron chi connectivity index (χ2n) is 9.96. The summed E-state index contributed by atoms with van der Waals surface area (Å²) >= 11 is 0. The second-order valence-corrected chi connectivity index (χ2v) is 12.9. The van der Waals surface area contributed by atoms with Crippen LogP contribution in [0.15, 0.2) is 36.4 Å². The Morgan fingerprint density at radius 2 is 1.86 bits per heavy atom. The minimum Gasteiger partial charge on any atom is -0.394 e. The first kappa shape index (κ1) is 25.9. The van der Waals surface area contributed by atoms with E-state index in [1.807, 2.05) is 6.07 Å². The van der Waals surface area contributed by atoms with Crippen molar-refractivity contribution in [2.75, 3.05) is 19.7 Å². The average Bonchev–Trinajstić information content (AvgIpc) is 3.54. The predicted molar refractivity (Wildman–Crippen MR) is 131 cm³/mol. The molecular formula is C25H30N4O6S. The minimum atomic E-state index is -3.88. The van der Waals surface area contributed by atoms with E-state index >= 15 is 0 Å². The Morgan fingerprint density at radius 1 is 1.19 bits per heavy atom. The fourth-order valence-corrected chi connectivity index (χ4v) is 7.17. The Labute approximate surface area is 210 Å². The fourth-order valence-electron chi connectivity index (χ4n) is 4.65. The molecule has 3 N–H and O–H groups in total. The summed E-state index contributed by atoms with van der Waals surface area (Å²) in [5.74, 6) is -0.692. The number of amides is 2. The summed E-state index contributed by atoms with van der Waals surface area (Å²) < 4.78 is 25.7. The normalized spacial score (nSPS) is 17.8. The van der Waals surface area contributed by atoms with Crippen molar-refractivity contribution >= 4 is 21.7 Å². The van der Waals surface area contributed by atoms with Crippen LogP contribution in [0.5, 0.6) is 0 Å². The molecule has 2 amide bonds. The quantitative estimate of drug-likeness (QED) is 0.448. The van der Waals surface area contributed by atoms with Crippen molar-refractivity contribution in [3.05, 3.63) is 58.9 Å². The monoisotopic (exact) mass is 514 g/mol. The van der Waals surface area contributed by atoms with E-state index in [1.165, 1.54) is 18.7 Å². The third-order valence-corrected chi connectivity index (χ3v) is 10.7. The van der Waals surface area contributed by atoms with Gasteiger partial charge in [-0.3, -0.25) is 9.59 Å². The lowest BCUT2D eigenvalue weighted by Gasteiger charge is -2.37. The van der Waals surface area contributed by atoms with Crippen LogP contribution in [-0.4, -0.2) is 75.2 Å². The molecule has 0 radical (unpaired) electrons. The van der Waals surface area contributed by atoms with E-state index in [-0.39, 0.29) is 31.4 Å². The number of fused-ring (bicyclic) bond motifs is 1. The molecule has 1 aromatic heterocycles. The van der Waals surface area contributed by atoms with Gasteiger partial charge < -0.3 is 25.0 Å². The number of carbonyl (C=O) groups is 2. The number of carbonyl (C=O) groups excluding carboxylic acids is 2. The van der Waals surface area contributed by atoms with Gasteiger partial charge in [0.15, 0.2) is 9.84 Å². The van der Waals surface area contributed by atoms with Crippen molar-refractivity contribution < 1.29 is 28.2 Å². The van der Waals surface area contributed by atoms with Crippen LogP contribution in [0, 0.1) is 11.3 Å². The molecule has 10 nitrogen and oxygen atoms in total. The molecule has 11 heteroatoms. The summed E-state index contributed by atoms with van der Waals surface area (Å²) in [6.45, 7) is 2.98. The third-order valence-electron chi connectivity index (χ3n) is 7.37. The Kier molecular flexibility index (Phi) is 6.72. The van der Waals surface area contributed by atoms with E-state index in [2.05, 4.69) is 5.32 Å². The van der Waals surface area contributed by atoms with Crippen molar-refractivity contribution in [2.24, 2.45) is 0 Å². The smallest absolute Gasteiger partial charge is 0.270 e. The van der Waals surface area contributed by atoms with Gasteiger partial charge >= 0.3 is 0 Å². The lowest BCUT2D eigenvalue weighted by molar-refractivity contribution is 0.0665. The number of nitrogens with one attached hydrogen (secondary N) is 1. The Balaban J connectivity index is 1.46. The molecule has 0 saturated heterocycles. The van der Waals surface area contributed by atoms with Crippen LogP contribution in [0.3, 0.4) is 0 Å². The number of hydrogen-bond donors (Lipinski definition) is 3. The molecule has 2 aromatic rings. The maximum absolute atomic E-state index is 13.4. The summed E-state index contributed by atoms with van der Waals surface area (Å²) in [6.07, 6.45) is -0.672. The van der Waals surface area contributed by atoms with Gasteiger partial charge in [0.1, 0.15) is 11.4 Å². The summed E-state index contributed by atoms with van der Waals surface area (Å²) in [5.41, 5.74) is 2.02. The van der Waals surface area contributed by atoms with Gasteiger partial charge in [-0.15, -0.1) is 0 Å². The Hall–Kier alpha value is -3.20. The van der Waals surface area contributed by atoms with E-state index in [0.29, 0.717) is 36.3 Å². The molecule has 0 spiro atoms. The number of benzene rings is 1. The van der Waals surface area contributed by atoms with E-state index in [4.69, 9.17) is 5.26 Å². The van der Waals surface area contributed by atoms with Gasteiger partial charge in [-0.05, 0) is 56.5 Å². The number of nitrogens with zero attached hydrogens (tertiary/aromatic N) is 3. The number of aliphatic hydroxyl groups is 2. The fraction of sp³-hybridized carbons (Fsp3) is 0.480. The maximum atomic E-state index is 13.4. The summed E-state index contributed by atoms with van der Waals surface area (Å²) in [6, 6.07) is 12.1. The van der Waals surface area contributed by atoms with Crippen LogP contribution in [0.2, 0.25) is 0 Å². The van der Waals surface area contributed by atoms with Gasteiger partial charge in [0.05, 0.1) is 33.8 Å². The zero-order chi connectivity index (χ0) is 26.3. The van der Waals surface area contributed by atoms with Crippen molar-refractivity contribution in [1.82, 2.24) is 14.8 Å². The molecule has 1 aliphatic heterocycles. The standard InChI is InChI=1S/C25H30N4O6S/c1-24(2,21(31)15-30)36(34,35)25(9-10-25)16-28-11-12-29-19(7-8-20(29)23(28)33)22(32)27-14-18-5-3-17(13-26)4-6-18/h3-8,21,30-31H,9-12,14-16H2,1-2H3,(H,27,32)/t21-/m0/s1. The van der Waals surface area contributed by atoms with Crippen LogP contribution in [0.1, 0.15) is 58.8 Å². The van der Waals surface area contributed by atoms with Crippen LogP contribution in [-0.2, 0) is 22.9 Å². The lowest BCUT2D eigenvalue weighted by Crippen LogP contribution is -2.55. The summed E-state index contributed by atoms with van der Waals surface area (Å²) in [4.78, 5) is 27.5. The lowest BCUT2D eigenvalue weighted by atomic mass is 10.1. The molecule has 0 bridgehead atoms. The zero-order valence-electron chi connectivity index (χ0n) is 20.3. The van der Waals surface area contributed by atoms with Gasteiger partial charge in [0, 0.05) is 26.2 Å². The minimum absolute atomic E-state index is 0.00114. The molecule has 1 saturated carbocycles. The van der Waals surface area contributed by atoms with Crippen LogP contribution >= 0.6 is 0 Å². The topological polar surface area (TPSA) is 153 Å².